The van der Waals surface area contributed by atoms with E-state index in [1.165, 1.54) is 23.2 Å². The molecule has 0 aliphatic carbocycles. The molecule has 0 radical (unpaired) electrons. The fraction of sp³-hybridized carbons (Fsp3) is 0.500. The summed E-state index contributed by atoms with van der Waals surface area (Å²) in [5.74, 6) is -0.309. The monoisotopic (exact) mass is 691 g/mol. The molecule has 24 heteroatoms. The number of rotatable bonds is 2. The summed E-state index contributed by atoms with van der Waals surface area (Å²) in [6.45, 7) is -1.70. The van der Waals surface area contributed by atoms with E-state index in [-0.39, 0.29) is 34.0 Å². The van der Waals surface area contributed by atoms with Crippen molar-refractivity contribution in [1.29, 1.82) is 0 Å². The number of nitrogen functional groups attached to an aromatic ring is 2. The van der Waals surface area contributed by atoms with Crippen molar-refractivity contribution in [2.75, 3.05) is 31.0 Å². The Morgan fingerprint density at radius 2 is 1.54 bits per heavy atom. The number of nitrogens with one attached hydrogen (secondary N) is 1. The van der Waals surface area contributed by atoms with Crippen molar-refractivity contribution >= 4 is 49.4 Å². The van der Waals surface area contributed by atoms with E-state index in [1.807, 2.05) is 0 Å². The van der Waals surface area contributed by atoms with Crippen molar-refractivity contribution in [3.05, 3.63) is 35.3 Å². The number of halogens is 2. The van der Waals surface area contributed by atoms with Crippen molar-refractivity contribution < 1.29 is 55.5 Å². The number of ether oxygens (including phenoxy) is 3. The number of pyridine rings is 1. The van der Waals surface area contributed by atoms with Gasteiger partial charge in [-0.2, -0.15) is 4.98 Å². The molecular weight excluding hydrogens is 666 g/mol. The fourth-order valence-electron chi connectivity index (χ4n) is 5.46. The molecule has 248 valence electrons. The largest absolute Gasteiger partial charge is 0.472 e. The molecule has 4 aromatic rings. The number of alkyl halides is 2. The quantitative estimate of drug-likeness (QED) is 0.176. The number of phosphoric acid groups is 1. The first kappa shape index (κ1) is 31.2. The molecule has 10 atom stereocenters. The van der Waals surface area contributed by atoms with Crippen LogP contribution in [0.4, 0.5) is 20.4 Å². The molecule has 3 saturated heterocycles. The minimum atomic E-state index is -5.18. The zero-order valence-electron chi connectivity index (χ0n) is 23.1. The van der Waals surface area contributed by atoms with Gasteiger partial charge in [-0.1, -0.05) is 0 Å². The summed E-state index contributed by atoms with van der Waals surface area (Å²) < 4.78 is 92.2. The molecule has 0 spiro atoms. The second-order valence-electron chi connectivity index (χ2n) is 10.5. The fourth-order valence-corrected chi connectivity index (χ4v) is 7.23. The Hall–Kier alpha value is -3.43. The van der Waals surface area contributed by atoms with E-state index in [9.17, 15) is 23.7 Å². The minimum absolute atomic E-state index is 0.152. The molecule has 0 bridgehead atoms. The van der Waals surface area contributed by atoms with E-state index in [0.717, 1.165) is 10.9 Å². The van der Waals surface area contributed by atoms with E-state index >= 15 is 8.78 Å². The highest BCUT2D eigenvalue weighted by Crippen LogP contribution is 2.52. The third kappa shape index (κ3) is 5.49. The lowest BCUT2D eigenvalue weighted by molar-refractivity contribution is -0.0580. The number of hydrogen-bond acceptors (Lipinski definition) is 15. The average Bonchev–Trinajstić information content (AvgIpc) is 3.75. The maximum atomic E-state index is 16.0. The van der Waals surface area contributed by atoms with Crippen LogP contribution in [0.2, 0.25) is 0 Å². The first-order valence-corrected chi connectivity index (χ1v) is 16.7. The zero-order valence-corrected chi connectivity index (χ0v) is 24.9. The highest BCUT2D eigenvalue weighted by molar-refractivity contribution is 7.52. The molecule has 3 fully saturated rings. The van der Waals surface area contributed by atoms with Crippen LogP contribution in [0.5, 0.6) is 0 Å². The second kappa shape index (κ2) is 11.4. The van der Waals surface area contributed by atoms with Crippen LogP contribution in [0.25, 0.3) is 22.3 Å². The number of imidazole rings is 2. The Morgan fingerprint density at radius 1 is 0.913 bits per heavy atom. The van der Waals surface area contributed by atoms with Gasteiger partial charge in [0.25, 0.3) is 5.56 Å². The van der Waals surface area contributed by atoms with Crippen LogP contribution >= 0.6 is 15.4 Å². The van der Waals surface area contributed by atoms with Gasteiger partial charge < -0.3 is 40.0 Å². The molecule has 0 amide bonds. The molecule has 3 aliphatic rings. The van der Waals surface area contributed by atoms with E-state index in [4.69, 9.17) is 39.2 Å². The molecule has 0 saturated carbocycles. The molecule has 4 aromatic heterocycles. The maximum Gasteiger partial charge on any atom is 0.472 e. The summed E-state index contributed by atoms with van der Waals surface area (Å²) in [4.78, 5) is 51.6. The van der Waals surface area contributed by atoms with Crippen LogP contribution in [-0.4, -0.2) is 100 Å². The lowest BCUT2D eigenvalue weighted by Crippen LogP contribution is -2.35. The van der Waals surface area contributed by atoms with Gasteiger partial charge in [0.1, 0.15) is 36.3 Å². The Bertz CT molecular complexity index is 1960. The molecule has 46 heavy (non-hydrogen) atoms. The smallest absolute Gasteiger partial charge is 0.397 e. The van der Waals surface area contributed by atoms with Gasteiger partial charge in [-0.05, 0) is 6.07 Å². The SMILES string of the molecule is Nc1nc2c(ncn2[C@@H]2O[C@@H]3COP(=O)(O)COC4[C@@H](COP(=O)(O)OC3[C@@H]2F)O[C@@H](n2cnc3c(N)ccnc32)[C@H]4F)c(=O)[nH]1. The van der Waals surface area contributed by atoms with Crippen LogP contribution in [0.15, 0.2) is 29.7 Å². The summed E-state index contributed by atoms with van der Waals surface area (Å²) in [5.41, 5.74) is 11.1. The molecule has 7 rings (SSSR count). The molecule has 7 heterocycles. The first-order chi connectivity index (χ1) is 21.8. The molecular formula is C22H25F2N9O11P2. The summed E-state index contributed by atoms with van der Waals surface area (Å²) in [7, 11) is -9.89. The van der Waals surface area contributed by atoms with Gasteiger partial charge in [0.15, 0.2) is 41.6 Å². The van der Waals surface area contributed by atoms with Crippen molar-refractivity contribution in [3.63, 3.8) is 0 Å². The van der Waals surface area contributed by atoms with Crippen LogP contribution in [0.3, 0.4) is 0 Å². The van der Waals surface area contributed by atoms with Crippen LogP contribution in [-0.2, 0) is 36.9 Å². The Balaban J connectivity index is 1.16. The minimum Gasteiger partial charge on any atom is -0.397 e. The van der Waals surface area contributed by atoms with Gasteiger partial charge in [0.05, 0.1) is 31.6 Å². The van der Waals surface area contributed by atoms with Crippen LogP contribution in [0, 0.1) is 0 Å². The van der Waals surface area contributed by atoms with Gasteiger partial charge >= 0.3 is 15.4 Å². The van der Waals surface area contributed by atoms with Gasteiger partial charge in [-0.25, -0.2) is 28.3 Å². The van der Waals surface area contributed by atoms with Crippen molar-refractivity contribution in [1.82, 2.24) is 34.1 Å². The van der Waals surface area contributed by atoms with Gasteiger partial charge in [-0.15, -0.1) is 0 Å². The first-order valence-electron chi connectivity index (χ1n) is 13.4. The predicted molar refractivity (Wildman–Crippen MR) is 148 cm³/mol. The molecule has 7 N–H and O–H groups in total. The molecule has 4 unspecified atom stereocenters. The van der Waals surface area contributed by atoms with Crippen molar-refractivity contribution in [2.45, 2.75) is 49.2 Å². The summed E-state index contributed by atoms with van der Waals surface area (Å²) in [6.07, 6.45) is -11.5. The maximum absolute atomic E-state index is 16.0. The summed E-state index contributed by atoms with van der Waals surface area (Å²) in [5, 5.41) is 0. The third-order valence-electron chi connectivity index (χ3n) is 7.55. The number of aromatic nitrogens is 7. The molecule has 20 nitrogen and oxygen atoms in total. The number of aromatic amines is 1. The zero-order chi connectivity index (χ0) is 32.5. The lowest BCUT2D eigenvalue weighted by Gasteiger charge is -2.23. The highest BCUT2D eigenvalue weighted by atomic mass is 31.2. The molecule has 0 aromatic carbocycles. The average molecular weight is 691 g/mol. The topological polar surface area (TPSA) is 276 Å². The number of hydrogen-bond donors (Lipinski definition) is 5. The summed E-state index contributed by atoms with van der Waals surface area (Å²) >= 11 is 0. The van der Waals surface area contributed by atoms with Gasteiger partial charge in [0.2, 0.25) is 5.95 Å². The number of nitrogens with zero attached hydrogens (tertiary/aromatic N) is 6. The van der Waals surface area contributed by atoms with Crippen molar-refractivity contribution in [3.8, 4) is 0 Å². The third-order valence-corrected chi connectivity index (χ3v) is 9.57. The van der Waals surface area contributed by atoms with E-state index in [0.29, 0.717) is 0 Å². The van der Waals surface area contributed by atoms with Crippen LogP contribution < -0.4 is 17.0 Å². The predicted octanol–water partition coefficient (Wildman–Crippen LogP) is 0.260. The number of nitrogens with two attached hydrogens (primary N) is 2. The Labute approximate surface area is 254 Å². The van der Waals surface area contributed by atoms with Gasteiger partial charge in [-0.3, -0.25) is 32.5 Å². The highest BCUT2D eigenvalue weighted by Gasteiger charge is 2.53. The van der Waals surface area contributed by atoms with E-state index in [1.54, 1.807) is 0 Å². The number of phosphoric ester groups is 1. The van der Waals surface area contributed by atoms with E-state index in [2.05, 4.69) is 24.9 Å². The normalized spacial score (nSPS) is 37.4. The molecule has 3 aliphatic heterocycles. The van der Waals surface area contributed by atoms with Crippen LogP contribution in [0.1, 0.15) is 12.5 Å². The number of fused-ring (bicyclic) bond motifs is 4. The number of anilines is 2. The number of H-pyrrole nitrogens is 1. The van der Waals surface area contributed by atoms with Crippen molar-refractivity contribution in [2.24, 2.45) is 0 Å². The standard InChI is InChI=1S/C22H25F2N9O11P2/c23-11-15-9(42-20(11)32-5-28-13-8(25)1-2-27-17(13)32)4-41-46(37,38)44-16-10(3-40-45(35,36)7-39-15)43-21(12(16)24)33-6-29-14-18(33)30-22(26)31-19(14)34/h1-2,5-6,9-12,15-16,20-21H,3-4,7H2,(H2,25,27)(H,35,36)(H,37,38)(H3,26,30,31,34)/t9-,10-,11+,12+,15?,16?,20-,21-/m1/s1. The lowest BCUT2D eigenvalue weighted by atomic mass is 10.1. The van der Waals surface area contributed by atoms with Gasteiger partial charge in [0, 0.05) is 6.20 Å². The Morgan fingerprint density at radius 3 is 2.28 bits per heavy atom. The summed E-state index contributed by atoms with van der Waals surface area (Å²) in [6, 6.07) is 1.49. The Kier molecular flexibility index (Phi) is 7.71. The second-order valence-corrected chi connectivity index (χ2v) is 13.7. The van der Waals surface area contributed by atoms with E-state index < -0.39 is 89.8 Å².